The number of aromatic nitrogens is 2. The van der Waals surface area contributed by atoms with Crippen molar-refractivity contribution in [1.82, 2.24) is 9.13 Å². The summed E-state index contributed by atoms with van der Waals surface area (Å²) in [6.07, 6.45) is 3.58. The van der Waals surface area contributed by atoms with Gasteiger partial charge >= 0.3 is 11.7 Å². The minimum atomic E-state index is -1.09. The number of hydrogen-bond acceptors (Lipinski definition) is 4. The molecule has 0 amide bonds. The van der Waals surface area contributed by atoms with Gasteiger partial charge in [0.05, 0.1) is 18.8 Å². The van der Waals surface area contributed by atoms with Crippen LogP contribution in [-0.4, -0.2) is 27.3 Å². The van der Waals surface area contributed by atoms with Gasteiger partial charge in [-0.2, -0.15) is 0 Å². The number of nitrogens with zero attached hydrogens (tertiary/aromatic N) is 2. The molecule has 31 heavy (non-hydrogen) atoms. The summed E-state index contributed by atoms with van der Waals surface area (Å²) in [5, 5.41) is 0. The summed E-state index contributed by atoms with van der Waals surface area (Å²) in [6, 6.07) is 11.8. The highest BCUT2D eigenvalue weighted by molar-refractivity contribution is 5.79. The molecule has 0 radical (unpaired) electrons. The lowest BCUT2D eigenvalue weighted by atomic mass is 10.0. The van der Waals surface area contributed by atoms with Crippen molar-refractivity contribution < 1.29 is 14.3 Å². The Morgan fingerprint density at radius 1 is 1.00 bits per heavy atom. The topological polar surface area (TPSA) is 62.5 Å². The Kier molecular flexibility index (Phi) is 6.39. The molecule has 164 valence electrons. The maximum Gasteiger partial charge on any atom is 0.349 e. The molecule has 1 aromatic heterocycles. The predicted octanol–water partition coefficient (Wildman–Crippen LogP) is 4.33. The molecule has 0 saturated carbocycles. The second-order valence-electron chi connectivity index (χ2n) is 8.31. The standard InChI is InChI=1S/C25H30N2O4/c1-7-30-23(28)25(5,6)31-22-18(3)14-20(15-19(22)4)16-26-12-13-27(24(26)29)21-10-8-17(2)9-11-21/h8-15H,7,16H2,1-6H3. The molecule has 3 rings (SSSR count). The van der Waals surface area contributed by atoms with Gasteiger partial charge in [0.25, 0.3) is 0 Å². The van der Waals surface area contributed by atoms with Crippen molar-refractivity contribution >= 4 is 5.97 Å². The van der Waals surface area contributed by atoms with Crippen LogP contribution in [0.25, 0.3) is 5.69 Å². The molecule has 1 heterocycles. The van der Waals surface area contributed by atoms with Crippen molar-refractivity contribution in [1.29, 1.82) is 0 Å². The normalized spacial score (nSPS) is 11.4. The van der Waals surface area contributed by atoms with Gasteiger partial charge in [0.2, 0.25) is 0 Å². The smallest absolute Gasteiger partial charge is 0.349 e. The number of benzene rings is 2. The van der Waals surface area contributed by atoms with Crippen LogP contribution in [0.5, 0.6) is 5.75 Å². The molecule has 3 aromatic rings. The summed E-state index contributed by atoms with van der Waals surface area (Å²) in [5.74, 6) is 0.258. The molecule has 0 atom stereocenters. The molecular weight excluding hydrogens is 392 g/mol. The quantitative estimate of drug-likeness (QED) is 0.532. The van der Waals surface area contributed by atoms with Crippen molar-refractivity contribution in [3.8, 4) is 11.4 Å². The van der Waals surface area contributed by atoms with Crippen molar-refractivity contribution in [2.75, 3.05) is 6.61 Å². The number of carbonyl (C=O) groups excluding carboxylic acids is 1. The first-order valence-corrected chi connectivity index (χ1v) is 10.4. The molecule has 0 bridgehead atoms. The second-order valence-corrected chi connectivity index (χ2v) is 8.31. The second kappa shape index (κ2) is 8.84. The molecule has 6 heteroatoms. The Balaban J connectivity index is 1.84. The number of hydrogen-bond donors (Lipinski definition) is 0. The van der Waals surface area contributed by atoms with E-state index in [4.69, 9.17) is 9.47 Å². The zero-order valence-electron chi connectivity index (χ0n) is 19.1. The van der Waals surface area contributed by atoms with Gasteiger partial charge in [0, 0.05) is 12.4 Å². The van der Waals surface area contributed by atoms with Crippen molar-refractivity contribution in [3.05, 3.63) is 81.5 Å². The van der Waals surface area contributed by atoms with Crippen LogP contribution in [0.15, 0.2) is 53.6 Å². The number of rotatable bonds is 7. The third-order valence-corrected chi connectivity index (χ3v) is 5.16. The van der Waals surface area contributed by atoms with Gasteiger partial charge in [-0.25, -0.2) is 9.59 Å². The lowest BCUT2D eigenvalue weighted by molar-refractivity contribution is -0.158. The largest absolute Gasteiger partial charge is 0.476 e. The lowest BCUT2D eigenvalue weighted by Crippen LogP contribution is -2.40. The summed E-state index contributed by atoms with van der Waals surface area (Å²) in [6.45, 7) is 11.8. The minimum absolute atomic E-state index is 0.0945. The molecule has 6 nitrogen and oxygen atoms in total. The van der Waals surface area contributed by atoms with E-state index in [1.165, 1.54) is 0 Å². The molecule has 0 aliphatic heterocycles. The van der Waals surface area contributed by atoms with Crippen molar-refractivity contribution in [2.24, 2.45) is 0 Å². The predicted molar refractivity (Wildman–Crippen MR) is 121 cm³/mol. The molecule has 0 saturated heterocycles. The van der Waals surface area contributed by atoms with Crippen molar-refractivity contribution in [3.63, 3.8) is 0 Å². The van der Waals surface area contributed by atoms with E-state index in [1.54, 1.807) is 42.3 Å². The number of ether oxygens (including phenoxy) is 2. The van der Waals surface area contributed by atoms with Gasteiger partial charge in [0.1, 0.15) is 5.75 Å². The van der Waals surface area contributed by atoms with E-state index < -0.39 is 11.6 Å². The first-order valence-electron chi connectivity index (χ1n) is 10.4. The number of imidazole rings is 1. The molecule has 0 aliphatic rings. The summed E-state index contributed by atoms with van der Waals surface area (Å²) >= 11 is 0. The SMILES string of the molecule is CCOC(=O)C(C)(C)Oc1c(C)cc(Cn2ccn(-c3ccc(C)cc3)c2=O)cc1C. The average Bonchev–Trinajstić information content (AvgIpc) is 3.06. The van der Waals surface area contributed by atoms with Crippen LogP contribution < -0.4 is 10.4 Å². The highest BCUT2D eigenvalue weighted by Crippen LogP contribution is 2.29. The zero-order valence-corrected chi connectivity index (χ0v) is 19.1. The third-order valence-electron chi connectivity index (χ3n) is 5.16. The Labute approximate surface area is 183 Å². The van der Waals surface area contributed by atoms with Crippen LogP contribution in [0.3, 0.4) is 0 Å². The first-order chi connectivity index (χ1) is 14.6. The molecule has 0 spiro atoms. The fourth-order valence-corrected chi connectivity index (χ4v) is 3.53. The van der Waals surface area contributed by atoms with Crippen LogP contribution in [0.4, 0.5) is 0 Å². The van der Waals surface area contributed by atoms with Crippen LogP contribution in [0.1, 0.15) is 43.0 Å². The lowest BCUT2D eigenvalue weighted by Gasteiger charge is -2.26. The average molecular weight is 423 g/mol. The summed E-state index contributed by atoms with van der Waals surface area (Å²) in [4.78, 5) is 25.1. The molecular formula is C25H30N2O4. The van der Waals surface area contributed by atoms with Gasteiger partial charge in [-0.1, -0.05) is 29.8 Å². The monoisotopic (exact) mass is 422 g/mol. The summed E-state index contributed by atoms with van der Waals surface area (Å²) < 4.78 is 14.5. The number of carbonyl (C=O) groups is 1. The highest BCUT2D eigenvalue weighted by Gasteiger charge is 2.32. The highest BCUT2D eigenvalue weighted by atomic mass is 16.6. The van der Waals surface area contributed by atoms with E-state index in [0.717, 1.165) is 27.9 Å². The minimum Gasteiger partial charge on any atom is -0.476 e. The Morgan fingerprint density at radius 2 is 1.61 bits per heavy atom. The van der Waals surface area contributed by atoms with E-state index in [-0.39, 0.29) is 5.69 Å². The van der Waals surface area contributed by atoms with E-state index in [9.17, 15) is 9.59 Å². The summed E-state index contributed by atoms with van der Waals surface area (Å²) in [7, 11) is 0. The van der Waals surface area contributed by atoms with Crippen LogP contribution in [0.2, 0.25) is 0 Å². The molecule has 0 unspecified atom stereocenters. The van der Waals surface area contributed by atoms with Gasteiger partial charge in [-0.3, -0.25) is 9.13 Å². The maximum atomic E-state index is 12.9. The Morgan fingerprint density at radius 3 is 2.19 bits per heavy atom. The van der Waals surface area contributed by atoms with Crippen LogP contribution in [0, 0.1) is 20.8 Å². The van der Waals surface area contributed by atoms with Gasteiger partial charge in [-0.05, 0) is 70.4 Å². The molecule has 0 N–H and O–H groups in total. The summed E-state index contributed by atoms with van der Waals surface area (Å²) in [5.41, 5.74) is 3.59. The van der Waals surface area contributed by atoms with E-state index in [0.29, 0.717) is 18.9 Å². The number of aryl methyl sites for hydroxylation is 3. The zero-order chi connectivity index (χ0) is 22.8. The molecule has 2 aromatic carbocycles. The van der Waals surface area contributed by atoms with Crippen LogP contribution >= 0.6 is 0 Å². The van der Waals surface area contributed by atoms with Gasteiger partial charge in [0.15, 0.2) is 5.60 Å². The molecule has 0 fully saturated rings. The Bertz CT molecular complexity index is 1110. The van der Waals surface area contributed by atoms with Crippen molar-refractivity contribution in [2.45, 2.75) is 53.7 Å². The fraction of sp³-hybridized carbons (Fsp3) is 0.360. The Hall–Kier alpha value is -3.28. The molecule has 0 aliphatic carbocycles. The maximum absolute atomic E-state index is 12.9. The van der Waals surface area contributed by atoms with Crippen LogP contribution in [-0.2, 0) is 16.1 Å². The fourth-order valence-electron chi connectivity index (χ4n) is 3.53. The van der Waals surface area contributed by atoms with E-state index in [1.807, 2.05) is 57.2 Å². The first kappa shape index (κ1) is 22.4. The van der Waals surface area contributed by atoms with E-state index >= 15 is 0 Å². The third kappa shape index (κ3) is 4.90. The van der Waals surface area contributed by atoms with E-state index in [2.05, 4.69) is 0 Å². The number of esters is 1. The van der Waals surface area contributed by atoms with Gasteiger partial charge in [-0.15, -0.1) is 0 Å². The van der Waals surface area contributed by atoms with Gasteiger partial charge < -0.3 is 9.47 Å².